The molecule has 1 aliphatic rings. The van der Waals surface area contributed by atoms with Gasteiger partial charge in [0.2, 0.25) is 0 Å². The van der Waals surface area contributed by atoms with E-state index in [1.807, 2.05) is 25.1 Å². The lowest BCUT2D eigenvalue weighted by Gasteiger charge is -2.21. The van der Waals surface area contributed by atoms with Crippen molar-refractivity contribution in [3.63, 3.8) is 0 Å². The van der Waals surface area contributed by atoms with Crippen molar-refractivity contribution in [1.29, 1.82) is 0 Å². The Balaban J connectivity index is 1.81. The number of nitrogens with two attached hydrogens (primary N) is 1. The molecular formula is C16H26N2O. The molecule has 0 aromatic heterocycles. The Kier molecular flexibility index (Phi) is 5.37. The highest BCUT2D eigenvalue weighted by atomic mass is 16.5. The molecule has 106 valence electrons. The maximum absolute atomic E-state index is 5.88. The second-order valence-electron chi connectivity index (χ2n) is 5.44. The number of nitrogens with one attached hydrogen (secondary N) is 1. The van der Waals surface area contributed by atoms with Gasteiger partial charge in [-0.2, -0.15) is 0 Å². The van der Waals surface area contributed by atoms with E-state index in [-0.39, 0.29) is 0 Å². The molecule has 1 fully saturated rings. The predicted octanol–water partition coefficient (Wildman–Crippen LogP) is 4.05. The minimum absolute atomic E-state index is 0.672. The van der Waals surface area contributed by atoms with Crippen molar-refractivity contribution >= 4 is 11.4 Å². The van der Waals surface area contributed by atoms with Gasteiger partial charge in [0.05, 0.1) is 6.61 Å². The number of hydrogen-bond acceptors (Lipinski definition) is 3. The Morgan fingerprint density at radius 2 is 2.00 bits per heavy atom. The van der Waals surface area contributed by atoms with E-state index in [9.17, 15) is 0 Å². The molecule has 3 N–H and O–H groups in total. The smallest absolute Gasteiger partial charge is 0.123 e. The molecule has 3 heteroatoms. The second-order valence-corrected chi connectivity index (χ2v) is 5.44. The zero-order valence-corrected chi connectivity index (χ0v) is 12.0. The first-order valence-corrected chi connectivity index (χ1v) is 7.55. The molecule has 2 rings (SSSR count). The van der Waals surface area contributed by atoms with E-state index in [2.05, 4.69) is 5.32 Å². The molecule has 1 aliphatic carbocycles. The van der Waals surface area contributed by atoms with E-state index >= 15 is 0 Å². The maximum atomic E-state index is 5.88. The summed E-state index contributed by atoms with van der Waals surface area (Å²) in [5.74, 6) is 1.76. The summed E-state index contributed by atoms with van der Waals surface area (Å²) in [5.41, 5.74) is 7.71. The van der Waals surface area contributed by atoms with Crippen LogP contribution in [0.25, 0.3) is 0 Å². The van der Waals surface area contributed by atoms with Crippen LogP contribution in [-0.2, 0) is 0 Å². The quantitative estimate of drug-likeness (QED) is 0.760. The predicted molar refractivity (Wildman–Crippen MR) is 81.7 cm³/mol. The lowest BCUT2D eigenvalue weighted by atomic mass is 9.87. The Morgan fingerprint density at radius 1 is 1.21 bits per heavy atom. The van der Waals surface area contributed by atoms with Gasteiger partial charge in [0, 0.05) is 30.1 Å². The van der Waals surface area contributed by atoms with E-state index in [1.165, 1.54) is 38.5 Å². The molecule has 19 heavy (non-hydrogen) atoms. The molecule has 1 aromatic rings. The van der Waals surface area contributed by atoms with Gasteiger partial charge < -0.3 is 15.8 Å². The summed E-state index contributed by atoms with van der Waals surface area (Å²) >= 11 is 0. The fraction of sp³-hybridized carbons (Fsp3) is 0.625. The Bertz CT molecular complexity index is 386. The van der Waals surface area contributed by atoms with Crippen molar-refractivity contribution in [3.8, 4) is 5.75 Å². The maximum Gasteiger partial charge on any atom is 0.123 e. The van der Waals surface area contributed by atoms with Crippen molar-refractivity contribution < 1.29 is 4.74 Å². The molecule has 0 spiro atoms. The van der Waals surface area contributed by atoms with Crippen LogP contribution in [-0.4, -0.2) is 13.2 Å². The van der Waals surface area contributed by atoms with Crippen LogP contribution in [0.1, 0.15) is 45.4 Å². The Labute approximate surface area is 116 Å². The van der Waals surface area contributed by atoms with E-state index in [0.29, 0.717) is 6.61 Å². The fourth-order valence-corrected chi connectivity index (χ4v) is 2.87. The number of ether oxygens (including phenoxy) is 1. The minimum atomic E-state index is 0.672. The van der Waals surface area contributed by atoms with Crippen LogP contribution in [0.15, 0.2) is 18.2 Å². The molecule has 0 unspecified atom stereocenters. The third-order valence-corrected chi connectivity index (χ3v) is 3.85. The highest BCUT2D eigenvalue weighted by Crippen LogP contribution is 2.27. The van der Waals surface area contributed by atoms with Gasteiger partial charge in [0.1, 0.15) is 5.75 Å². The number of rotatable bonds is 6. The van der Waals surface area contributed by atoms with E-state index in [1.54, 1.807) is 0 Å². The van der Waals surface area contributed by atoms with Crippen molar-refractivity contribution in [2.45, 2.75) is 45.4 Å². The van der Waals surface area contributed by atoms with Crippen molar-refractivity contribution in [1.82, 2.24) is 0 Å². The molecule has 0 amide bonds. The first-order chi connectivity index (χ1) is 9.28. The summed E-state index contributed by atoms with van der Waals surface area (Å²) in [4.78, 5) is 0. The monoisotopic (exact) mass is 262 g/mol. The number of hydrogen-bond donors (Lipinski definition) is 2. The van der Waals surface area contributed by atoms with Crippen LogP contribution in [0.2, 0.25) is 0 Å². The van der Waals surface area contributed by atoms with Gasteiger partial charge >= 0.3 is 0 Å². The van der Waals surface area contributed by atoms with E-state index in [0.717, 1.165) is 29.6 Å². The molecule has 1 aromatic carbocycles. The molecule has 0 aliphatic heterocycles. The third kappa shape index (κ3) is 4.66. The van der Waals surface area contributed by atoms with Gasteiger partial charge in [0.15, 0.2) is 0 Å². The van der Waals surface area contributed by atoms with Crippen molar-refractivity contribution in [2.24, 2.45) is 5.92 Å². The zero-order valence-electron chi connectivity index (χ0n) is 12.0. The Morgan fingerprint density at radius 3 is 2.74 bits per heavy atom. The van der Waals surface area contributed by atoms with Gasteiger partial charge in [-0.05, 0) is 25.3 Å². The molecule has 0 atom stereocenters. The van der Waals surface area contributed by atoms with E-state index < -0.39 is 0 Å². The van der Waals surface area contributed by atoms with Gasteiger partial charge in [-0.1, -0.05) is 32.1 Å². The zero-order chi connectivity index (χ0) is 13.5. The van der Waals surface area contributed by atoms with Gasteiger partial charge in [-0.15, -0.1) is 0 Å². The summed E-state index contributed by atoms with van der Waals surface area (Å²) in [7, 11) is 0. The van der Waals surface area contributed by atoms with Crippen molar-refractivity contribution in [2.75, 3.05) is 24.2 Å². The summed E-state index contributed by atoms with van der Waals surface area (Å²) in [6.07, 6.45) is 8.33. The molecule has 0 heterocycles. The standard InChI is InChI=1S/C16H26N2O/c1-2-19-16-11-14(17)10-15(12-16)18-9-8-13-6-4-3-5-7-13/h10-13,18H,2-9,17H2,1H3. The van der Waals surface area contributed by atoms with Crippen LogP contribution in [0.5, 0.6) is 5.75 Å². The molecule has 0 radical (unpaired) electrons. The topological polar surface area (TPSA) is 47.3 Å². The highest BCUT2D eigenvalue weighted by Gasteiger charge is 2.12. The van der Waals surface area contributed by atoms with E-state index in [4.69, 9.17) is 10.5 Å². The average molecular weight is 262 g/mol. The third-order valence-electron chi connectivity index (χ3n) is 3.85. The van der Waals surface area contributed by atoms with Crippen molar-refractivity contribution in [3.05, 3.63) is 18.2 Å². The number of nitrogen functional groups attached to an aromatic ring is 1. The van der Waals surface area contributed by atoms with Gasteiger partial charge in [0.25, 0.3) is 0 Å². The lowest BCUT2D eigenvalue weighted by Crippen LogP contribution is -2.12. The molecule has 0 saturated heterocycles. The highest BCUT2D eigenvalue weighted by molar-refractivity contribution is 5.59. The SMILES string of the molecule is CCOc1cc(N)cc(NCCC2CCCCC2)c1. The second kappa shape index (κ2) is 7.27. The minimum Gasteiger partial charge on any atom is -0.494 e. The van der Waals surface area contributed by atoms with Crippen LogP contribution >= 0.6 is 0 Å². The summed E-state index contributed by atoms with van der Waals surface area (Å²) < 4.78 is 5.50. The van der Waals surface area contributed by atoms with Crippen LogP contribution in [0.4, 0.5) is 11.4 Å². The van der Waals surface area contributed by atoms with Gasteiger partial charge in [-0.25, -0.2) is 0 Å². The first-order valence-electron chi connectivity index (χ1n) is 7.55. The molecular weight excluding hydrogens is 236 g/mol. The normalized spacial score (nSPS) is 16.3. The van der Waals surface area contributed by atoms with Gasteiger partial charge in [-0.3, -0.25) is 0 Å². The molecule has 0 bridgehead atoms. The van der Waals surface area contributed by atoms with Crippen LogP contribution < -0.4 is 15.8 Å². The fourth-order valence-electron chi connectivity index (χ4n) is 2.87. The lowest BCUT2D eigenvalue weighted by molar-refractivity contribution is 0.340. The average Bonchev–Trinajstić information content (AvgIpc) is 2.40. The number of benzene rings is 1. The number of anilines is 2. The largest absolute Gasteiger partial charge is 0.494 e. The van der Waals surface area contributed by atoms with Crippen LogP contribution in [0, 0.1) is 5.92 Å². The Hall–Kier alpha value is -1.38. The molecule has 3 nitrogen and oxygen atoms in total. The molecule has 1 saturated carbocycles. The summed E-state index contributed by atoms with van der Waals surface area (Å²) in [6.45, 7) is 3.68. The summed E-state index contributed by atoms with van der Waals surface area (Å²) in [6, 6.07) is 5.87. The summed E-state index contributed by atoms with van der Waals surface area (Å²) in [5, 5.41) is 3.47. The first kappa shape index (κ1) is 14.0. The van der Waals surface area contributed by atoms with Crippen LogP contribution in [0.3, 0.4) is 0 Å².